The first-order valence-corrected chi connectivity index (χ1v) is 5.03. The monoisotopic (exact) mass is 231 g/mol. The summed E-state index contributed by atoms with van der Waals surface area (Å²) in [6, 6.07) is 5.07. The molecule has 5 heteroatoms. The Morgan fingerprint density at radius 1 is 1.25 bits per heavy atom. The van der Waals surface area contributed by atoms with E-state index in [1.807, 2.05) is 0 Å². The third-order valence-electron chi connectivity index (χ3n) is 2.71. The van der Waals surface area contributed by atoms with Crippen LogP contribution in [-0.2, 0) is 10.9 Å². The molecule has 2 unspecified atom stereocenters. The molecule has 0 radical (unpaired) electrons. The van der Waals surface area contributed by atoms with Crippen LogP contribution in [0.4, 0.5) is 13.2 Å². The Morgan fingerprint density at radius 2 is 1.94 bits per heavy atom. The van der Waals surface area contributed by atoms with E-state index in [2.05, 4.69) is 0 Å². The van der Waals surface area contributed by atoms with Crippen molar-refractivity contribution in [3.8, 4) is 0 Å². The molecule has 1 aliphatic heterocycles. The van der Waals surface area contributed by atoms with Gasteiger partial charge >= 0.3 is 6.18 Å². The minimum atomic E-state index is -4.36. The van der Waals surface area contributed by atoms with E-state index < -0.39 is 17.8 Å². The summed E-state index contributed by atoms with van der Waals surface area (Å²) in [6.07, 6.45) is -4.41. The molecule has 0 spiro atoms. The van der Waals surface area contributed by atoms with Gasteiger partial charge < -0.3 is 10.5 Å². The smallest absolute Gasteiger partial charge is 0.372 e. The van der Waals surface area contributed by atoms with E-state index in [1.54, 1.807) is 6.07 Å². The van der Waals surface area contributed by atoms with Gasteiger partial charge in [-0.25, -0.2) is 0 Å². The molecular weight excluding hydrogens is 219 g/mol. The molecule has 1 aliphatic rings. The summed E-state index contributed by atoms with van der Waals surface area (Å²) in [5.74, 6) is 0. The van der Waals surface area contributed by atoms with Crippen molar-refractivity contribution >= 4 is 0 Å². The van der Waals surface area contributed by atoms with Crippen LogP contribution in [0, 0.1) is 0 Å². The highest BCUT2D eigenvalue weighted by Crippen LogP contribution is 2.38. The van der Waals surface area contributed by atoms with Crippen LogP contribution < -0.4 is 5.73 Å². The SMILES string of the molecule is NC1CCOC1c1ccccc1C(F)(F)F. The second-order valence-electron chi connectivity index (χ2n) is 3.83. The second kappa shape index (κ2) is 4.07. The lowest BCUT2D eigenvalue weighted by atomic mass is 9.97. The fraction of sp³-hybridized carbons (Fsp3) is 0.455. The molecule has 0 aliphatic carbocycles. The van der Waals surface area contributed by atoms with Crippen LogP contribution in [0.25, 0.3) is 0 Å². The molecule has 2 rings (SSSR count). The van der Waals surface area contributed by atoms with Crippen molar-refractivity contribution in [2.75, 3.05) is 6.61 Å². The summed E-state index contributed by atoms with van der Waals surface area (Å²) >= 11 is 0. The zero-order valence-corrected chi connectivity index (χ0v) is 8.50. The fourth-order valence-corrected chi connectivity index (χ4v) is 1.93. The number of ether oxygens (including phenoxy) is 1. The van der Waals surface area contributed by atoms with Crippen LogP contribution in [0.1, 0.15) is 23.7 Å². The Bertz CT molecular complexity index is 378. The lowest BCUT2D eigenvalue weighted by Gasteiger charge is -2.20. The van der Waals surface area contributed by atoms with Gasteiger partial charge in [0.2, 0.25) is 0 Å². The van der Waals surface area contributed by atoms with Crippen LogP contribution in [0.5, 0.6) is 0 Å². The fourth-order valence-electron chi connectivity index (χ4n) is 1.93. The number of alkyl halides is 3. The molecule has 2 nitrogen and oxygen atoms in total. The maximum atomic E-state index is 12.7. The second-order valence-corrected chi connectivity index (χ2v) is 3.83. The van der Waals surface area contributed by atoms with Crippen molar-refractivity contribution in [3.63, 3.8) is 0 Å². The summed E-state index contributed by atoms with van der Waals surface area (Å²) in [5, 5.41) is 0. The molecule has 16 heavy (non-hydrogen) atoms. The van der Waals surface area contributed by atoms with E-state index >= 15 is 0 Å². The predicted octanol–water partition coefficient (Wildman–Crippen LogP) is 2.49. The Morgan fingerprint density at radius 3 is 2.50 bits per heavy atom. The first-order valence-electron chi connectivity index (χ1n) is 5.03. The third kappa shape index (κ3) is 2.05. The number of rotatable bonds is 1. The van der Waals surface area contributed by atoms with Gasteiger partial charge in [-0.05, 0) is 18.1 Å². The Hall–Kier alpha value is -1.07. The van der Waals surface area contributed by atoms with Crippen molar-refractivity contribution in [1.29, 1.82) is 0 Å². The predicted molar refractivity (Wildman–Crippen MR) is 52.7 cm³/mol. The minimum Gasteiger partial charge on any atom is -0.372 e. The van der Waals surface area contributed by atoms with Crippen LogP contribution >= 0.6 is 0 Å². The van der Waals surface area contributed by atoms with Crippen LogP contribution in [0.2, 0.25) is 0 Å². The van der Waals surface area contributed by atoms with Crippen molar-refractivity contribution in [2.45, 2.75) is 24.7 Å². The summed E-state index contributed by atoms with van der Waals surface area (Å²) in [5.41, 5.74) is 5.21. The quantitative estimate of drug-likeness (QED) is 0.805. The molecule has 88 valence electrons. The third-order valence-corrected chi connectivity index (χ3v) is 2.71. The average molecular weight is 231 g/mol. The van der Waals surface area contributed by atoms with Crippen molar-refractivity contribution in [2.24, 2.45) is 5.73 Å². The number of nitrogens with two attached hydrogens (primary N) is 1. The van der Waals surface area contributed by atoms with Crippen LogP contribution in [0.3, 0.4) is 0 Å². The number of benzene rings is 1. The first-order chi connectivity index (χ1) is 7.50. The number of halogens is 3. The molecular formula is C11H12F3NO. The Kier molecular flexibility index (Phi) is 2.90. The van der Waals surface area contributed by atoms with E-state index in [0.717, 1.165) is 6.07 Å². The maximum Gasteiger partial charge on any atom is 0.416 e. The Balaban J connectivity index is 2.40. The molecule has 0 saturated carbocycles. The average Bonchev–Trinajstić information content (AvgIpc) is 2.63. The lowest BCUT2D eigenvalue weighted by molar-refractivity contribution is -0.139. The van der Waals surface area contributed by atoms with Gasteiger partial charge in [0.05, 0.1) is 11.7 Å². The molecule has 1 saturated heterocycles. The van der Waals surface area contributed by atoms with Gasteiger partial charge in [-0.2, -0.15) is 13.2 Å². The zero-order chi connectivity index (χ0) is 11.8. The number of hydrogen-bond donors (Lipinski definition) is 1. The molecule has 1 heterocycles. The highest BCUT2D eigenvalue weighted by atomic mass is 19.4. The molecule has 0 aromatic heterocycles. The molecule has 1 fully saturated rings. The minimum absolute atomic E-state index is 0.139. The van der Waals surface area contributed by atoms with Gasteiger partial charge in [-0.1, -0.05) is 18.2 Å². The van der Waals surface area contributed by atoms with Gasteiger partial charge in [-0.3, -0.25) is 0 Å². The zero-order valence-electron chi connectivity index (χ0n) is 8.50. The van der Waals surface area contributed by atoms with E-state index in [9.17, 15) is 13.2 Å². The Labute approximate surface area is 91.2 Å². The highest BCUT2D eigenvalue weighted by molar-refractivity contribution is 5.32. The standard InChI is InChI=1S/C11H12F3NO/c12-11(13,14)8-4-2-1-3-7(8)10-9(15)5-6-16-10/h1-4,9-10H,5-6,15H2. The van der Waals surface area contributed by atoms with Crippen molar-refractivity contribution < 1.29 is 17.9 Å². The van der Waals surface area contributed by atoms with E-state index in [-0.39, 0.29) is 11.6 Å². The molecule has 0 amide bonds. The lowest BCUT2D eigenvalue weighted by Crippen LogP contribution is -2.25. The van der Waals surface area contributed by atoms with Gasteiger partial charge in [-0.15, -0.1) is 0 Å². The molecule has 1 aromatic carbocycles. The summed E-state index contributed by atoms with van der Waals surface area (Å²) in [7, 11) is 0. The number of hydrogen-bond acceptors (Lipinski definition) is 2. The van der Waals surface area contributed by atoms with Crippen LogP contribution in [-0.4, -0.2) is 12.6 Å². The summed E-state index contributed by atoms with van der Waals surface area (Å²) in [6.45, 7) is 0.415. The van der Waals surface area contributed by atoms with E-state index in [0.29, 0.717) is 13.0 Å². The van der Waals surface area contributed by atoms with Crippen molar-refractivity contribution in [1.82, 2.24) is 0 Å². The van der Waals surface area contributed by atoms with E-state index in [1.165, 1.54) is 12.1 Å². The van der Waals surface area contributed by atoms with E-state index in [4.69, 9.17) is 10.5 Å². The highest BCUT2D eigenvalue weighted by Gasteiger charge is 2.38. The van der Waals surface area contributed by atoms with Gasteiger partial charge in [0, 0.05) is 12.6 Å². The largest absolute Gasteiger partial charge is 0.416 e. The van der Waals surface area contributed by atoms with Crippen molar-refractivity contribution in [3.05, 3.63) is 35.4 Å². The van der Waals surface area contributed by atoms with Gasteiger partial charge in [0.1, 0.15) is 0 Å². The molecule has 2 atom stereocenters. The maximum absolute atomic E-state index is 12.7. The molecule has 1 aromatic rings. The normalized spacial score (nSPS) is 26.0. The first kappa shape index (κ1) is 11.4. The molecule has 2 N–H and O–H groups in total. The summed E-state index contributed by atoms with van der Waals surface area (Å²) < 4.78 is 43.5. The summed E-state index contributed by atoms with van der Waals surface area (Å²) in [4.78, 5) is 0. The van der Waals surface area contributed by atoms with Crippen LogP contribution in [0.15, 0.2) is 24.3 Å². The van der Waals surface area contributed by atoms with Gasteiger partial charge in [0.15, 0.2) is 0 Å². The topological polar surface area (TPSA) is 35.2 Å². The molecule has 0 bridgehead atoms. The van der Waals surface area contributed by atoms with Gasteiger partial charge in [0.25, 0.3) is 0 Å².